The van der Waals surface area contributed by atoms with Gasteiger partial charge in [-0.2, -0.15) is 5.10 Å². The molecule has 4 aromatic carbocycles. The first-order valence-corrected chi connectivity index (χ1v) is 13.3. The van der Waals surface area contributed by atoms with Crippen LogP contribution in [0, 0.1) is 5.41 Å². The molecule has 0 amide bonds. The largest absolute Gasteiger partial charge is 0.293 e. The van der Waals surface area contributed by atoms with E-state index in [9.17, 15) is 14.4 Å². The predicted molar refractivity (Wildman–Crippen MR) is 150 cm³/mol. The zero-order valence-corrected chi connectivity index (χ0v) is 21.9. The molecule has 5 nitrogen and oxygen atoms in total. The second-order valence-electron chi connectivity index (χ2n) is 10.0. The summed E-state index contributed by atoms with van der Waals surface area (Å²) in [5.41, 5.74) is 1.54. The molecule has 2 heterocycles. The van der Waals surface area contributed by atoms with Gasteiger partial charge in [-0.1, -0.05) is 108 Å². The molecule has 0 saturated carbocycles. The highest BCUT2D eigenvalue weighted by molar-refractivity contribution is 6.36. The Morgan fingerprint density at radius 1 is 0.769 bits per heavy atom. The summed E-state index contributed by atoms with van der Waals surface area (Å²) >= 11 is 13.1. The van der Waals surface area contributed by atoms with Gasteiger partial charge in [-0.3, -0.25) is 19.4 Å². The van der Waals surface area contributed by atoms with Crippen molar-refractivity contribution in [2.75, 3.05) is 0 Å². The van der Waals surface area contributed by atoms with Crippen molar-refractivity contribution in [3.63, 3.8) is 0 Å². The molecule has 0 aromatic heterocycles. The van der Waals surface area contributed by atoms with Gasteiger partial charge in [0.2, 0.25) is 0 Å². The van der Waals surface area contributed by atoms with Crippen LogP contribution in [0.25, 0.3) is 0 Å². The molecule has 0 bridgehead atoms. The highest BCUT2D eigenvalue weighted by atomic mass is 35.5. The number of halogens is 2. The lowest BCUT2D eigenvalue weighted by atomic mass is 9.63. The fraction of sp³-hybridized carbons (Fsp3) is 0.125. The van der Waals surface area contributed by atoms with Gasteiger partial charge in [0.1, 0.15) is 11.5 Å². The molecule has 2 aliphatic heterocycles. The van der Waals surface area contributed by atoms with Crippen LogP contribution in [0.15, 0.2) is 102 Å². The summed E-state index contributed by atoms with van der Waals surface area (Å²) in [5.74, 6) is -1.84. The molecule has 1 saturated heterocycles. The standard InChI is InChI=1S/C32H20Cl2N2O3/c33-20-14-15-24(25(34)16-20)26-27(28(37)18-8-2-1-3-9-18)36-29(21-11-5-4-10-19(21)17-35-36)32(26)30(38)22-12-6-7-13-23(22)31(32)39/h1-17,26-27,29H/t26-,27-,29-/m1/s1. The second kappa shape index (κ2) is 8.73. The molecule has 7 rings (SSSR count). The summed E-state index contributed by atoms with van der Waals surface area (Å²) in [7, 11) is 0. The highest BCUT2D eigenvalue weighted by Gasteiger charge is 2.73. The van der Waals surface area contributed by atoms with Gasteiger partial charge in [0.05, 0.1) is 12.3 Å². The van der Waals surface area contributed by atoms with E-state index >= 15 is 0 Å². The van der Waals surface area contributed by atoms with E-state index in [0.717, 1.165) is 11.1 Å². The van der Waals surface area contributed by atoms with Crippen LogP contribution in [0.1, 0.15) is 59.7 Å². The Labute approximate surface area is 234 Å². The van der Waals surface area contributed by atoms with E-state index in [-0.39, 0.29) is 22.4 Å². The number of rotatable bonds is 3. The molecule has 7 heteroatoms. The van der Waals surface area contributed by atoms with Crippen LogP contribution < -0.4 is 0 Å². The van der Waals surface area contributed by atoms with Gasteiger partial charge >= 0.3 is 0 Å². The van der Waals surface area contributed by atoms with E-state index in [2.05, 4.69) is 0 Å². The molecule has 0 N–H and O–H groups in total. The van der Waals surface area contributed by atoms with E-state index in [0.29, 0.717) is 27.3 Å². The number of hydrogen-bond donors (Lipinski definition) is 0. The maximum atomic E-state index is 14.7. The number of nitrogens with zero attached hydrogens (tertiary/aromatic N) is 2. The first kappa shape index (κ1) is 24.0. The minimum absolute atomic E-state index is 0.249. The number of hydrazone groups is 1. The molecule has 1 fully saturated rings. The average molecular weight is 551 g/mol. The number of fused-ring (bicyclic) bond motifs is 5. The topological polar surface area (TPSA) is 66.8 Å². The molecule has 3 atom stereocenters. The van der Waals surface area contributed by atoms with Gasteiger partial charge in [-0.05, 0) is 28.8 Å². The van der Waals surface area contributed by atoms with Crippen molar-refractivity contribution in [1.82, 2.24) is 5.01 Å². The maximum absolute atomic E-state index is 14.7. The molecule has 1 spiro atoms. The summed E-state index contributed by atoms with van der Waals surface area (Å²) in [4.78, 5) is 43.8. The van der Waals surface area contributed by atoms with Crippen LogP contribution in [0.3, 0.4) is 0 Å². The van der Waals surface area contributed by atoms with Crippen LogP contribution in [0.4, 0.5) is 0 Å². The zero-order chi connectivity index (χ0) is 26.9. The minimum Gasteiger partial charge on any atom is -0.293 e. The number of benzene rings is 4. The summed E-state index contributed by atoms with van der Waals surface area (Å²) in [6.07, 6.45) is 1.69. The molecule has 0 radical (unpaired) electrons. The van der Waals surface area contributed by atoms with E-state index in [1.165, 1.54) is 0 Å². The van der Waals surface area contributed by atoms with E-state index in [1.54, 1.807) is 78.0 Å². The summed E-state index contributed by atoms with van der Waals surface area (Å²) in [5, 5.41) is 7.11. The molecule has 3 aliphatic rings. The lowest BCUT2D eigenvalue weighted by Crippen LogP contribution is -2.44. The third-order valence-corrected chi connectivity index (χ3v) is 8.76. The number of ketones is 3. The van der Waals surface area contributed by atoms with Crippen molar-refractivity contribution < 1.29 is 14.4 Å². The summed E-state index contributed by atoms with van der Waals surface area (Å²) in [6, 6.07) is 26.5. The summed E-state index contributed by atoms with van der Waals surface area (Å²) in [6.45, 7) is 0. The predicted octanol–water partition coefficient (Wildman–Crippen LogP) is 6.80. The molecular weight excluding hydrogens is 531 g/mol. The quantitative estimate of drug-likeness (QED) is 0.208. The fourth-order valence-electron chi connectivity index (χ4n) is 6.65. The molecule has 0 unspecified atom stereocenters. The van der Waals surface area contributed by atoms with E-state index in [4.69, 9.17) is 28.3 Å². The minimum atomic E-state index is -1.68. The third-order valence-electron chi connectivity index (χ3n) is 8.20. The average Bonchev–Trinajstić information content (AvgIpc) is 3.39. The Bertz CT molecular complexity index is 1700. The SMILES string of the molecule is O=C(c1ccccc1)[C@H]1[C@@H](c2ccc(Cl)cc2Cl)C2(C(=O)c3ccccc3C2=O)[C@H]2c3ccccc3C=NN12. The van der Waals surface area contributed by atoms with Crippen molar-refractivity contribution in [2.45, 2.75) is 18.0 Å². The van der Waals surface area contributed by atoms with Gasteiger partial charge in [0.25, 0.3) is 0 Å². The van der Waals surface area contributed by atoms with Crippen molar-refractivity contribution in [3.05, 3.63) is 140 Å². The van der Waals surface area contributed by atoms with Gasteiger partial charge in [-0.25, -0.2) is 0 Å². The van der Waals surface area contributed by atoms with Crippen molar-refractivity contribution in [2.24, 2.45) is 10.5 Å². The van der Waals surface area contributed by atoms with Gasteiger partial charge in [0, 0.05) is 32.7 Å². The van der Waals surface area contributed by atoms with Crippen LogP contribution in [-0.2, 0) is 0 Å². The Morgan fingerprint density at radius 3 is 2.10 bits per heavy atom. The molecule has 190 valence electrons. The number of Topliss-reactive ketones (excluding diaryl/α,β-unsaturated/α-hetero) is 3. The second-order valence-corrected chi connectivity index (χ2v) is 10.9. The Kier molecular flexibility index (Phi) is 5.38. The van der Waals surface area contributed by atoms with Crippen molar-refractivity contribution >= 4 is 46.8 Å². The lowest BCUT2D eigenvalue weighted by molar-refractivity contribution is 0.0586. The zero-order valence-electron chi connectivity index (χ0n) is 20.4. The molecule has 39 heavy (non-hydrogen) atoms. The normalized spacial score (nSPS) is 22.1. The van der Waals surface area contributed by atoms with Gasteiger partial charge < -0.3 is 0 Å². The summed E-state index contributed by atoms with van der Waals surface area (Å²) < 4.78 is 0. The van der Waals surface area contributed by atoms with Crippen molar-refractivity contribution in [3.8, 4) is 0 Å². The fourth-order valence-corrected chi connectivity index (χ4v) is 7.17. The van der Waals surface area contributed by atoms with Crippen LogP contribution >= 0.6 is 23.2 Å². The van der Waals surface area contributed by atoms with Gasteiger partial charge in [0.15, 0.2) is 17.3 Å². The van der Waals surface area contributed by atoms with Gasteiger partial charge in [-0.15, -0.1) is 0 Å². The molecule has 4 aromatic rings. The number of carbonyl (C=O) groups is 3. The molecular formula is C32H20Cl2N2O3. The highest BCUT2D eigenvalue weighted by Crippen LogP contribution is 2.65. The lowest BCUT2D eigenvalue weighted by Gasteiger charge is -2.36. The third kappa shape index (κ3) is 3.20. The van der Waals surface area contributed by atoms with Crippen LogP contribution in [-0.4, -0.2) is 34.6 Å². The smallest absolute Gasteiger partial charge is 0.187 e. The Morgan fingerprint density at radius 2 is 1.41 bits per heavy atom. The van der Waals surface area contributed by atoms with E-state index < -0.39 is 23.4 Å². The van der Waals surface area contributed by atoms with Crippen LogP contribution in [0.2, 0.25) is 10.0 Å². The maximum Gasteiger partial charge on any atom is 0.187 e. The molecule has 1 aliphatic carbocycles. The van der Waals surface area contributed by atoms with Crippen LogP contribution in [0.5, 0.6) is 0 Å². The monoisotopic (exact) mass is 550 g/mol. The Balaban J connectivity index is 1.58. The number of carbonyl (C=O) groups excluding carboxylic acids is 3. The number of hydrogen-bond acceptors (Lipinski definition) is 5. The first-order valence-electron chi connectivity index (χ1n) is 12.6. The van der Waals surface area contributed by atoms with E-state index in [1.807, 2.05) is 30.3 Å². The Hall–Kier alpha value is -4.06. The first-order chi connectivity index (χ1) is 18.9. The van der Waals surface area contributed by atoms with Crippen molar-refractivity contribution in [1.29, 1.82) is 0 Å².